The van der Waals surface area contributed by atoms with E-state index in [1.165, 1.54) is 60.3 Å². The Morgan fingerprint density at radius 3 is 2.39 bits per heavy atom. The van der Waals surface area contributed by atoms with E-state index >= 15 is 0 Å². The lowest BCUT2D eigenvalue weighted by Gasteiger charge is -2.16. The van der Waals surface area contributed by atoms with Crippen molar-refractivity contribution < 1.29 is 31.1 Å². The molecule has 0 fully saturated rings. The highest BCUT2D eigenvalue weighted by atomic mass is 19.4. The van der Waals surface area contributed by atoms with E-state index in [1.807, 2.05) is 0 Å². The molecule has 0 aliphatic heterocycles. The number of rotatable bonds is 6. The van der Waals surface area contributed by atoms with Crippen LogP contribution in [0.5, 0.6) is 0 Å². The number of benzene rings is 3. The Morgan fingerprint density at radius 2 is 1.74 bits per heavy atom. The van der Waals surface area contributed by atoms with Gasteiger partial charge in [0.05, 0.1) is 23.0 Å². The Hall–Kier alpha value is -4.60. The van der Waals surface area contributed by atoms with Crippen molar-refractivity contribution in [1.29, 1.82) is 0 Å². The molecule has 4 aromatic rings. The van der Waals surface area contributed by atoms with Crippen LogP contribution in [0.2, 0.25) is 0 Å². The summed E-state index contributed by atoms with van der Waals surface area (Å²) in [6, 6.07) is 11.2. The Kier molecular flexibility index (Phi) is 7.25. The van der Waals surface area contributed by atoms with Gasteiger partial charge in [-0.2, -0.15) is 13.2 Å². The van der Waals surface area contributed by atoms with Gasteiger partial charge < -0.3 is 9.88 Å². The van der Waals surface area contributed by atoms with Gasteiger partial charge >= 0.3 is 6.18 Å². The highest BCUT2D eigenvalue weighted by molar-refractivity contribution is 6.06. The molecule has 194 valence electrons. The lowest BCUT2D eigenvalue weighted by atomic mass is 9.97. The van der Waals surface area contributed by atoms with Crippen LogP contribution in [0, 0.1) is 17.5 Å². The summed E-state index contributed by atoms with van der Waals surface area (Å²) in [5.41, 5.74) is -1.15. The second-order valence-corrected chi connectivity index (χ2v) is 8.16. The Bertz CT molecular complexity index is 1550. The van der Waals surface area contributed by atoms with Crippen molar-refractivity contribution in [2.45, 2.75) is 6.18 Å². The second-order valence-electron chi connectivity index (χ2n) is 8.16. The fourth-order valence-corrected chi connectivity index (χ4v) is 3.91. The lowest BCUT2D eigenvalue weighted by molar-refractivity contribution is -0.137. The monoisotopic (exact) mass is 527 g/mol. The zero-order valence-electron chi connectivity index (χ0n) is 19.8. The van der Waals surface area contributed by atoms with E-state index in [-0.39, 0.29) is 33.9 Å². The fraction of sp³-hybridized carbons (Fsp3) is 0.0714. The van der Waals surface area contributed by atoms with Gasteiger partial charge in [-0.25, -0.2) is 18.2 Å². The molecule has 1 amide bonds. The van der Waals surface area contributed by atoms with Gasteiger partial charge in [0.25, 0.3) is 5.91 Å². The summed E-state index contributed by atoms with van der Waals surface area (Å²) in [7, 11) is 1.53. The van der Waals surface area contributed by atoms with Crippen LogP contribution >= 0.6 is 0 Å². The van der Waals surface area contributed by atoms with E-state index in [2.05, 4.69) is 16.9 Å². The number of imidazole rings is 1. The third kappa shape index (κ3) is 5.24. The molecule has 38 heavy (non-hydrogen) atoms. The van der Waals surface area contributed by atoms with Crippen LogP contribution in [0.3, 0.4) is 0 Å². The number of hydrogen-bond acceptors (Lipinski definition) is 2. The molecule has 1 heterocycles. The van der Waals surface area contributed by atoms with Crippen molar-refractivity contribution in [2.75, 3.05) is 5.32 Å². The standard InChI is InChI=1S/C28H19F6N3O/c1-3-5-19(26-35-15-24(37(26)2)20-6-4-7-23(30)25(20)31)16-8-13-22(28(32,33)34)21(14-16)27(38)36-18-11-9-17(29)10-12-18/h3-15H,1H2,2H3,(H,36,38)/b19-5-. The van der Waals surface area contributed by atoms with Crippen molar-refractivity contribution in [3.8, 4) is 11.3 Å². The van der Waals surface area contributed by atoms with Gasteiger partial charge in [0.15, 0.2) is 11.6 Å². The van der Waals surface area contributed by atoms with Crippen LogP contribution in [0.15, 0.2) is 85.6 Å². The molecule has 0 bridgehead atoms. The number of anilines is 1. The average molecular weight is 527 g/mol. The van der Waals surface area contributed by atoms with Crippen LogP contribution < -0.4 is 5.32 Å². The van der Waals surface area contributed by atoms with Crippen molar-refractivity contribution >= 4 is 17.2 Å². The number of carbonyl (C=O) groups is 1. The van der Waals surface area contributed by atoms with Crippen molar-refractivity contribution in [2.24, 2.45) is 7.05 Å². The summed E-state index contributed by atoms with van der Waals surface area (Å²) in [4.78, 5) is 17.2. The predicted molar refractivity (Wildman–Crippen MR) is 132 cm³/mol. The van der Waals surface area contributed by atoms with E-state index < -0.39 is 40.7 Å². The molecule has 0 spiro atoms. The number of carbonyl (C=O) groups excluding carboxylic acids is 1. The zero-order valence-corrected chi connectivity index (χ0v) is 19.8. The summed E-state index contributed by atoms with van der Waals surface area (Å²) in [6.45, 7) is 3.64. The maximum absolute atomic E-state index is 14.4. The third-order valence-electron chi connectivity index (χ3n) is 5.72. The molecule has 0 saturated carbocycles. The van der Waals surface area contributed by atoms with E-state index in [0.717, 1.165) is 30.3 Å². The largest absolute Gasteiger partial charge is 0.417 e. The molecule has 1 aromatic heterocycles. The molecule has 0 radical (unpaired) electrons. The Labute approximate surface area is 213 Å². The maximum atomic E-state index is 14.4. The third-order valence-corrected chi connectivity index (χ3v) is 5.72. The van der Waals surface area contributed by atoms with Crippen LogP contribution in [-0.2, 0) is 13.2 Å². The van der Waals surface area contributed by atoms with Crippen LogP contribution in [0.1, 0.15) is 27.3 Å². The number of allylic oxidation sites excluding steroid dienone is 2. The second kappa shape index (κ2) is 10.4. The molecule has 0 saturated heterocycles. The lowest BCUT2D eigenvalue weighted by Crippen LogP contribution is -2.19. The fourth-order valence-electron chi connectivity index (χ4n) is 3.91. The normalized spacial score (nSPS) is 11.9. The van der Waals surface area contributed by atoms with E-state index in [1.54, 1.807) is 0 Å². The summed E-state index contributed by atoms with van der Waals surface area (Å²) >= 11 is 0. The topological polar surface area (TPSA) is 46.9 Å². The van der Waals surface area contributed by atoms with E-state index in [4.69, 9.17) is 0 Å². The molecule has 0 aliphatic rings. The minimum absolute atomic E-state index is 0.0593. The van der Waals surface area contributed by atoms with Gasteiger partial charge in [0.2, 0.25) is 0 Å². The van der Waals surface area contributed by atoms with Gasteiger partial charge in [-0.05, 0) is 54.1 Å². The Morgan fingerprint density at radius 1 is 1.03 bits per heavy atom. The quantitative estimate of drug-likeness (QED) is 0.210. The molecule has 1 N–H and O–H groups in total. The summed E-state index contributed by atoms with van der Waals surface area (Å²) < 4.78 is 84.2. The first-order valence-electron chi connectivity index (χ1n) is 11.1. The van der Waals surface area contributed by atoms with Gasteiger partial charge in [0, 0.05) is 23.9 Å². The van der Waals surface area contributed by atoms with Gasteiger partial charge in [-0.1, -0.05) is 30.9 Å². The Balaban J connectivity index is 1.81. The smallest absolute Gasteiger partial charge is 0.327 e. The number of nitrogens with zero attached hydrogens (tertiary/aromatic N) is 2. The highest BCUT2D eigenvalue weighted by Crippen LogP contribution is 2.36. The summed E-state index contributed by atoms with van der Waals surface area (Å²) in [5.74, 6) is -3.57. The SMILES string of the molecule is C=C/C=C(/c1ccc(C(F)(F)F)c(C(=O)Nc2ccc(F)cc2)c1)c1ncc(-c2cccc(F)c2F)n1C. The van der Waals surface area contributed by atoms with Crippen LogP contribution in [0.25, 0.3) is 16.8 Å². The maximum Gasteiger partial charge on any atom is 0.417 e. The molecule has 0 unspecified atom stereocenters. The van der Waals surface area contributed by atoms with Crippen molar-refractivity contribution in [3.63, 3.8) is 0 Å². The number of amides is 1. The molecule has 4 nitrogen and oxygen atoms in total. The summed E-state index contributed by atoms with van der Waals surface area (Å²) in [5, 5.41) is 2.34. The van der Waals surface area contributed by atoms with Gasteiger partial charge in [-0.3, -0.25) is 4.79 Å². The van der Waals surface area contributed by atoms with Crippen LogP contribution in [0.4, 0.5) is 32.0 Å². The first-order valence-corrected chi connectivity index (χ1v) is 11.1. The van der Waals surface area contributed by atoms with Crippen molar-refractivity contribution in [1.82, 2.24) is 9.55 Å². The van der Waals surface area contributed by atoms with Crippen LogP contribution in [-0.4, -0.2) is 15.5 Å². The number of halogens is 6. The van der Waals surface area contributed by atoms with E-state index in [9.17, 15) is 31.1 Å². The number of nitrogens with one attached hydrogen (secondary N) is 1. The number of alkyl halides is 3. The first kappa shape index (κ1) is 26.5. The molecule has 0 aliphatic carbocycles. The summed E-state index contributed by atoms with van der Waals surface area (Å²) in [6.07, 6.45) is -0.696. The average Bonchev–Trinajstić information content (AvgIpc) is 3.25. The van der Waals surface area contributed by atoms with Crippen molar-refractivity contribution in [3.05, 3.63) is 126 Å². The zero-order chi connectivity index (χ0) is 27.6. The minimum Gasteiger partial charge on any atom is -0.327 e. The highest BCUT2D eigenvalue weighted by Gasteiger charge is 2.35. The molecule has 3 aromatic carbocycles. The molecular weight excluding hydrogens is 508 g/mol. The first-order chi connectivity index (χ1) is 18.0. The van der Waals surface area contributed by atoms with Gasteiger partial charge in [0.1, 0.15) is 11.6 Å². The van der Waals surface area contributed by atoms with E-state index in [0.29, 0.717) is 0 Å². The predicted octanol–water partition coefficient (Wildman–Crippen LogP) is 7.39. The minimum atomic E-state index is -4.85. The number of hydrogen-bond donors (Lipinski definition) is 1. The molecular formula is C28H19F6N3O. The molecule has 0 atom stereocenters. The van der Waals surface area contributed by atoms with Gasteiger partial charge in [-0.15, -0.1) is 0 Å². The molecule has 4 rings (SSSR count). The number of aromatic nitrogens is 2. The molecule has 10 heteroatoms.